The highest BCUT2D eigenvalue weighted by atomic mass is 35.5. The second-order valence-electron chi connectivity index (χ2n) is 6.69. The Morgan fingerprint density at radius 3 is 2.36 bits per heavy atom. The quantitative estimate of drug-likeness (QED) is 0.431. The molecule has 0 atom stereocenters. The number of rotatable bonds is 10. The third-order valence-electron chi connectivity index (χ3n) is 4.38. The zero-order valence-electron chi connectivity index (χ0n) is 18.0. The van der Waals surface area contributed by atoms with E-state index in [1.54, 1.807) is 48.5 Å². The Hall–Kier alpha value is -3.43. The zero-order valence-corrected chi connectivity index (χ0v) is 19.6. The number of ether oxygens (including phenoxy) is 3. The predicted molar refractivity (Wildman–Crippen MR) is 127 cm³/mol. The molecular weight excluding hydrogens is 468 g/mol. The van der Waals surface area contributed by atoms with Crippen LogP contribution in [-0.4, -0.2) is 34.6 Å². The number of halogens is 1. The van der Waals surface area contributed by atoms with E-state index < -0.39 is 15.9 Å². The van der Waals surface area contributed by atoms with Crippen molar-refractivity contribution in [1.29, 1.82) is 0 Å². The number of para-hydroxylation sites is 2. The van der Waals surface area contributed by atoms with E-state index in [1.165, 1.54) is 25.3 Å². The summed E-state index contributed by atoms with van der Waals surface area (Å²) in [4.78, 5) is 12.2. The SMILES string of the molecule is CCOc1ccccc1NC(=O)COc1ccc(S(=O)(=O)Nc2ccc(OC)cc2)cc1Cl. The molecule has 1 amide bonds. The van der Waals surface area contributed by atoms with Crippen molar-refractivity contribution in [3.63, 3.8) is 0 Å². The lowest BCUT2D eigenvalue weighted by Gasteiger charge is -2.13. The Morgan fingerprint density at radius 2 is 1.70 bits per heavy atom. The van der Waals surface area contributed by atoms with E-state index in [-0.39, 0.29) is 22.3 Å². The molecule has 3 aromatic rings. The first kappa shape index (κ1) is 24.2. The molecule has 0 spiro atoms. The third-order valence-corrected chi connectivity index (χ3v) is 6.05. The number of hydrogen-bond donors (Lipinski definition) is 2. The summed E-state index contributed by atoms with van der Waals surface area (Å²) in [6, 6.07) is 17.5. The molecule has 2 N–H and O–H groups in total. The van der Waals surface area contributed by atoms with Crippen LogP contribution in [0.4, 0.5) is 11.4 Å². The molecule has 33 heavy (non-hydrogen) atoms. The Morgan fingerprint density at radius 1 is 0.970 bits per heavy atom. The van der Waals surface area contributed by atoms with Gasteiger partial charge in [-0.3, -0.25) is 9.52 Å². The smallest absolute Gasteiger partial charge is 0.262 e. The molecule has 0 fully saturated rings. The van der Waals surface area contributed by atoms with Gasteiger partial charge in [-0.25, -0.2) is 8.42 Å². The number of amides is 1. The van der Waals surface area contributed by atoms with Gasteiger partial charge in [0.05, 0.1) is 29.3 Å². The van der Waals surface area contributed by atoms with Gasteiger partial charge in [-0.2, -0.15) is 0 Å². The van der Waals surface area contributed by atoms with E-state index in [4.69, 9.17) is 25.8 Å². The molecule has 174 valence electrons. The largest absolute Gasteiger partial charge is 0.497 e. The van der Waals surface area contributed by atoms with Crippen LogP contribution >= 0.6 is 11.6 Å². The Balaban J connectivity index is 1.63. The van der Waals surface area contributed by atoms with Crippen LogP contribution in [-0.2, 0) is 14.8 Å². The van der Waals surface area contributed by atoms with Crippen molar-refractivity contribution >= 4 is 38.9 Å². The highest BCUT2D eigenvalue weighted by Crippen LogP contribution is 2.29. The molecule has 0 aliphatic carbocycles. The van der Waals surface area contributed by atoms with Crippen molar-refractivity contribution in [2.45, 2.75) is 11.8 Å². The summed E-state index contributed by atoms with van der Waals surface area (Å²) in [6.07, 6.45) is 0. The predicted octanol–water partition coefficient (Wildman–Crippen LogP) is 4.57. The molecule has 3 rings (SSSR count). The van der Waals surface area contributed by atoms with Crippen molar-refractivity contribution < 1.29 is 27.4 Å². The van der Waals surface area contributed by atoms with Gasteiger partial charge < -0.3 is 19.5 Å². The topological polar surface area (TPSA) is 103 Å². The van der Waals surface area contributed by atoms with Crippen LogP contribution in [0, 0.1) is 0 Å². The minimum absolute atomic E-state index is 0.0502. The van der Waals surface area contributed by atoms with Crippen molar-refractivity contribution in [1.82, 2.24) is 0 Å². The maximum absolute atomic E-state index is 12.7. The van der Waals surface area contributed by atoms with Gasteiger partial charge in [-0.1, -0.05) is 23.7 Å². The summed E-state index contributed by atoms with van der Waals surface area (Å²) in [7, 11) is -2.36. The number of hydrogen-bond acceptors (Lipinski definition) is 6. The number of carbonyl (C=O) groups excluding carboxylic acids is 1. The number of anilines is 2. The van der Waals surface area contributed by atoms with Gasteiger partial charge in [0.2, 0.25) is 0 Å². The minimum Gasteiger partial charge on any atom is -0.497 e. The van der Waals surface area contributed by atoms with Crippen LogP contribution in [0.3, 0.4) is 0 Å². The van der Waals surface area contributed by atoms with E-state index in [0.717, 1.165) is 0 Å². The average molecular weight is 491 g/mol. The van der Waals surface area contributed by atoms with E-state index in [2.05, 4.69) is 10.0 Å². The van der Waals surface area contributed by atoms with Gasteiger partial charge in [-0.05, 0) is 61.5 Å². The summed E-state index contributed by atoms with van der Waals surface area (Å²) in [6.45, 7) is 1.98. The highest BCUT2D eigenvalue weighted by molar-refractivity contribution is 7.92. The number of nitrogens with one attached hydrogen (secondary N) is 2. The average Bonchev–Trinajstić information content (AvgIpc) is 2.80. The molecule has 0 saturated heterocycles. The van der Waals surface area contributed by atoms with Gasteiger partial charge in [0.25, 0.3) is 15.9 Å². The molecule has 0 unspecified atom stereocenters. The monoisotopic (exact) mass is 490 g/mol. The highest BCUT2D eigenvalue weighted by Gasteiger charge is 2.17. The number of methoxy groups -OCH3 is 1. The first-order valence-electron chi connectivity index (χ1n) is 9.93. The van der Waals surface area contributed by atoms with Crippen molar-refractivity contribution in [3.05, 3.63) is 71.8 Å². The summed E-state index contributed by atoms with van der Waals surface area (Å²) in [5, 5.41) is 2.76. The van der Waals surface area contributed by atoms with Gasteiger partial charge in [0.15, 0.2) is 6.61 Å². The second kappa shape index (κ2) is 10.9. The normalized spacial score (nSPS) is 10.9. The van der Waals surface area contributed by atoms with Crippen molar-refractivity contribution in [2.24, 2.45) is 0 Å². The van der Waals surface area contributed by atoms with Gasteiger partial charge in [0.1, 0.15) is 17.2 Å². The van der Waals surface area contributed by atoms with Crippen LogP contribution in [0.15, 0.2) is 71.6 Å². The molecule has 0 radical (unpaired) electrons. The number of sulfonamides is 1. The third kappa shape index (κ3) is 6.53. The zero-order chi connectivity index (χ0) is 23.8. The second-order valence-corrected chi connectivity index (χ2v) is 8.78. The maximum Gasteiger partial charge on any atom is 0.262 e. The number of carbonyl (C=O) groups is 1. The van der Waals surface area contributed by atoms with Crippen LogP contribution in [0.2, 0.25) is 5.02 Å². The van der Waals surface area contributed by atoms with Gasteiger partial charge in [0, 0.05) is 5.69 Å². The Bertz CT molecular complexity index is 1220. The first-order chi connectivity index (χ1) is 15.8. The molecule has 8 nitrogen and oxygen atoms in total. The molecule has 0 aliphatic rings. The lowest BCUT2D eigenvalue weighted by Crippen LogP contribution is -2.20. The van der Waals surface area contributed by atoms with Gasteiger partial charge in [-0.15, -0.1) is 0 Å². The lowest BCUT2D eigenvalue weighted by atomic mass is 10.3. The fourth-order valence-corrected chi connectivity index (χ4v) is 4.20. The van der Waals surface area contributed by atoms with E-state index >= 15 is 0 Å². The Kier molecular flexibility index (Phi) is 8.02. The van der Waals surface area contributed by atoms with Crippen LogP contribution < -0.4 is 24.2 Å². The van der Waals surface area contributed by atoms with E-state index in [0.29, 0.717) is 29.5 Å². The molecule has 0 aromatic heterocycles. The molecule has 0 saturated carbocycles. The maximum atomic E-state index is 12.7. The molecule has 0 heterocycles. The summed E-state index contributed by atoms with van der Waals surface area (Å²) < 4.78 is 43.8. The molecule has 3 aromatic carbocycles. The van der Waals surface area contributed by atoms with Crippen LogP contribution in [0.1, 0.15) is 6.92 Å². The fraction of sp³-hybridized carbons (Fsp3) is 0.174. The summed E-state index contributed by atoms with van der Waals surface area (Å²) in [5.41, 5.74) is 0.890. The van der Waals surface area contributed by atoms with E-state index in [9.17, 15) is 13.2 Å². The Labute approximate surface area is 197 Å². The molecule has 0 aliphatic heterocycles. The van der Waals surface area contributed by atoms with E-state index in [1.807, 2.05) is 6.92 Å². The minimum atomic E-state index is -3.88. The molecule has 0 bridgehead atoms. The van der Waals surface area contributed by atoms with Crippen LogP contribution in [0.5, 0.6) is 17.2 Å². The molecular formula is C23H23ClN2O6S. The lowest BCUT2D eigenvalue weighted by molar-refractivity contribution is -0.118. The summed E-state index contributed by atoms with van der Waals surface area (Å²) >= 11 is 6.20. The van der Waals surface area contributed by atoms with Crippen molar-refractivity contribution in [2.75, 3.05) is 30.4 Å². The van der Waals surface area contributed by atoms with Crippen molar-refractivity contribution in [3.8, 4) is 17.2 Å². The standard InChI is InChI=1S/C23H23ClN2O6S/c1-3-31-22-7-5-4-6-20(22)25-23(27)15-32-21-13-12-18(14-19(21)24)33(28,29)26-16-8-10-17(30-2)11-9-16/h4-14,26H,3,15H2,1-2H3,(H,25,27). The summed E-state index contributed by atoms with van der Waals surface area (Å²) in [5.74, 6) is 0.905. The number of benzene rings is 3. The molecule has 10 heteroatoms. The van der Waals surface area contributed by atoms with Crippen LogP contribution in [0.25, 0.3) is 0 Å². The van der Waals surface area contributed by atoms with Gasteiger partial charge >= 0.3 is 0 Å². The first-order valence-corrected chi connectivity index (χ1v) is 11.8. The fourth-order valence-electron chi connectivity index (χ4n) is 2.82.